The summed E-state index contributed by atoms with van der Waals surface area (Å²) in [6.45, 7) is 0. The summed E-state index contributed by atoms with van der Waals surface area (Å²) in [5, 5.41) is 0. The highest BCUT2D eigenvalue weighted by atomic mass is 15.1. The van der Waals surface area contributed by atoms with Gasteiger partial charge in [-0.25, -0.2) is 19.9 Å². The third-order valence-corrected chi connectivity index (χ3v) is 7.90. The number of rotatable bonds is 6. The summed E-state index contributed by atoms with van der Waals surface area (Å²) in [5.41, 5.74) is 8.90. The molecule has 5 heteroatoms. The van der Waals surface area contributed by atoms with E-state index in [0.717, 1.165) is 55.9 Å². The molecule has 0 atom stereocenters. The first kappa shape index (κ1) is 26.4. The topological polar surface area (TPSA) is 56.5 Å². The number of para-hydroxylation sites is 3. The van der Waals surface area contributed by atoms with E-state index < -0.39 is 0 Å². The molecule has 0 radical (unpaired) electrons. The van der Waals surface area contributed by atoms with Crippen LogP contribution in [0.3, 0.4) is 0 Å². The molecule has 0 saturated heterocycles. The van der Waals surface area contributed by atoms with Crippen LogP contribution in [0.15, 0.2) is 164 Å². The summed E-state index contributed by atoms with van der Waals surface area (Å²) in [6, 6.07) is 55.6. The highest BCUT2D eigenvalue weighted by Gasteiger charge is 2.21. The maximum absolute atomic E-state index is 5.22. The van der Waals surface area contributed by atoms with Crippen LogP contribution in [0, 0.1) is 0 Å². The zero-order chi connectivity index (χ0) is 30.0. The average molecular weight is 578 g/mol. The van der Waals surface area contributed by atoms with E-state index in [9.17, 15) is 0 Å². The number of hydrogen-bond acceptors (Lipinski definition) is 4. The van der Waals surface area contributed by atoms with Gasteiger partial charge in [-0.1, -0.05) is 140 Å². The molecule has 0 unspecified atom stereocenters. The van der Waals surface area contributed by atoms with Crippen molar-refractivity contribution in [3.63, 3.8) is 0 Å². The fraction of sp³-hybridized carbons (Fsp3) is 0. The minimum Gasteiger partial charge on any atom is -0.292 e. The Morgan fingerprint density at radius 1 is 0.333 bits per heavy atom. The third kappa shape index (κ3) is 4.96. The van der Waals surface area contributed by atoms with Gasteiger partial charge in [-0.3, -0.25) is 4.57 Å². The van der Waals surface area contributed by atoms with Crippen molar-refractivity contribution in [2.24, 2.45) is 0 Å². The Morgan fingerprint density at radius 2 is 0.800 bits per heavy atom. The zero-order valence-electron chi connectivity index (χ0n) is 24.3. The summed E-state index contributed by atoms with van der Waals surface area (Å²) in [6.07, 6.45) is 0. The Hall–Kier alpha value is -6.20. The zero-order valence-corrected chi connectivity index (χ0v) is 24.3. The van der Waals surface area contributed by atoms with Crippen molar-refractivity contribution in [3.05, 3.63) is 164 Å². The monoisotopic (exact) mass is 577 g/mol. The Bertz CT molecular complexity index is 2200. The summed E-state index contributed by atoms with van der Waals surface area (Å²) in [5.74, 6) is 2.70. The molecule has 0 aliphatic carbocycles. The van der Waals surface area contributed by atoms with Crippen molar-refractivity contribution >= 4 is 11.0 Å². The maximum Gasteiger partial charge on any atom is 0.166 e. The summed E-state index contributed by atoms with van der Waals surface area (Å²) in [4.78, 5) is 20.3. The number of aromatic nitrogens is 5. The van der Waals surface area contributed by atoms with E-state index in [4.69, 9.17) is 19.9 Å². The molecule has 0 bridgehead atoms. The highest BCUT2D eigenvalue weighted by molar-refractivity contribution is 5.90. The number of hydrogen-bond donors (Lipinski definition) is 0. The van der Waals surface area contributed by atoms with Crippen LogP contribution in [0.25, 0.3) is 73.4 Å². The first-order chi connectivity index (χ1) is 22.3. The van der Waals surface area contributed by atoms with Gasteiger partial charge in [0.25, 0.3) is 0 Å². The molecule has 0 spiro atoms. The van der Waals surface area contributed by atoms with E-state index in [2.05, 4.69) is 89.5 Å². The van der Waals surface area contributed by atoms with Gasteiger partial charge in [-0.2, -0.15) is 0 Å². The lowest BCUT2D eigenvalue weighted by molar-refractivity contribution is 1.05. The molecule has 45 heavy (non-hydrogen) atoms. The minimum atomic E-state index is 0.596. The van der Waals surface area contributed by atoms with Crippen molar-refractivity contribution in [2.75, 3.05) is 0 Å². The van der Waals surface area contributed by atoms with Crippen LogP contribution in [0.1, 0.15) is 0 Å². The minimum absolute atomic E-state index is 0.596. The molecular weight excluding hydrogens is 550 g/mol. The predicted molar refractivity (Wildman–Crippen MR) is 182 cm³/mol. The van der Waals surface area contributed by atoms with Gasteiger partial charge >= 0.3 is 0 Å². The van der Waals surface area contributed by atoms with E-state index in [0.29, 0.717) is 17.5 Å². The van der Waals surface area contributed by atoms with Crippen molar-refractivity contribution in [2.45, 2.75) is 0 Å². The van der Waals surface area contributed by atoms with Crippen LogP contribution < -0.4 is 0 Å². The molecular formula is C40H27N5. The second-order valence-corrected chi connectivity index (χ2v) is 10.7. The van der Waals surface area contributed by atoms with Crippen LogP contribution in [-0.2, 0) is 0 Å². The summed E-state index contributed by atoms with van der Waals surface area (Å²) < 4.78 is 2.24. The molecule has 0 aliphatic rings. The van der Waals surface area contributed by atoms with Gasteiger partial charge in [0.1, 0.15) is 5.82 Å². The number of imidazole rings is 1. The molecule has 8 rings (SSSR count). The largest absolute Gasteiger partial charge is 0.292 e. The fourth-order valence-corrected chi connectivity index (χ4v) is 5.78. The molecule has 0 amide bonds. The number of benzene rings is 6. The fourth-order valence-electron chi connectivity index (χ4n) is 5.78. The molecule has 2 aromatic heterocycles. The smallest absolute Gasteiger partial charge is 0.166 e. The average Bonchev–Trinajstić information content (AvgIpc) is 3.52. The number of fused-ring (bicyclic) bond motifs is 1. The second-order valence-electron chi connectivity index (χ2n) is 10.7. The van der Waals surface area contributed by atoms with E-state index >= 15 is 0 Å². The van der Waals surface area contributed by atoms with E-state index in [1.54, 1.807) is 0 Å². The molecule has 0 saturated carbocycles. The SMILES string of the molecule is c1ccc(-c2nc(-c3ccccc3)nc(-c3ccccc3-n3c(-c4ccccc4-c4ccccc4)nc4ccccc43)n2)cc1. The Kier molecular flexibility index (Phi) is 6.74. The lowest BCUT2D eigenvalue weighted by atomic mass is 9.99. The van der Waals surface area contributed by atoms with E-state index in [-0.39, 0.29) is 0 Å². The summed E-state index contributed by atoms with van der Waals surface area (Å²) in [7, 11) is 0. The molecule has 0 fully saturated rings. The van der Waals surface area contributed by atoms with E-state index in [1.807, 2.05) is 78.9 Å². The maximum atomic E-state index is 5.22. The molecule has 0 aliphatic heterocycles. The third-order valence-electron chi connectivity index (χ3n) is 7.90. The quantitative estimate of drug-likeness (QED) is 0.197. The lowest BCUT2D eigenvalue weighted by Gasteiger charge is -2.16. The molecule has 2 heterocycles. The van der Waals surface area contributed by atoms with Gasteiger partial charge in [0.05, 0.1) is 16.7 Å². The highest BCUT2D eigenvalue weighted by Crippen LogP contribution is 2.38. The van der Waals surface area contributed by atoms with Crippen molar-refractivity contribution in [1.29, 1.82) is 0 Å². The summed E-state index contributed by atoms with van der Waals surface area (Å²) >= 11 is 0. The Balaban J connectivity index is 1.39. The van der Waals surface area contributed by atoms with Gasteiger partial charge in [-0.05, 0) is 35.4 Å². The number of nitrogens with zero attached hydrogens (tertiary/aromatic N) is 5. The van der Waals surface area contributed by atoms with Crippen LogP contribution in [0.5, 0.6) is 0 Å². The van der Waals surface area contributed by atoms with Gasteiger partial charge in [0, 0.05) is 22.3 Å². The normalized spacial score (nSPS) is 11.1. The van der Waals surface area contributed by atoms with Crippen LogP contribution in [-0.4, -0.2) is 24.5 Å². The van der Waals surface area contributed by atoms with Crippen LogP contribution in [0.4, 0.5) is 0 Å². The molecule has 5 nitrogen and oxygen atoms in total. The molecule has 8 aromatic rings. The van der Waals surface area contributed by atoms with Crippen LogP contribution in [0.2, 0.25) is 0 Å². The molecule has 0 N–H and O–H groups in total. The van der Waals surface area contributed by atoms with Gasteiger partial charge in [0.15, 0.2) is 17.5 Å². The van der Waals surface area contributed by atoms with Gasteiger partial charge in [0.2, 0.25) is 0 Å². The van der Waals surface area contributed by atoms with E-state index in [1.165, 1.54) is 0 Å². The Labute approximate surface area is 261 Å². The molecule has 212 valence electrons. The standard InChI is InChI=1S/C40H27N5/c1-4-16-28(17-5-1)31-22-10-11-23-32(31)40-41-34-25-13-15-27-36(34)45(40)35-26-14-12-24-33(35)39-43-37(29-18-6-2-7-19-29)42-38(44-39)30-20-8-3-9-21-30/h1-27H. The van der Waals surface area contributed by atoms with Gasteiger partial charge in [-0.15, -0.1) is 0 Å². The first-order valence-electron chi connectivity index (χ1n) is 14.9. The molecule has 6 aromatic carbocycles. The second kappa shape index (κ2) is 11.5. The predicted octanol–water partition coefficient (Wildman–Crippen LogP) is 9.55. The lowest BCUT2D eigenvalue weighted by Crippen LogP contribution is -2.05. The van der Waals surface area contributed by atoms with Crippen molar-refractivity contribution < 1.29 is 0 Å². The first-order valence-corrected chi connectivity index (χ1v) is 14.9. The van der Waals surface area contributed by atoms with Gasteiger partial charge < -0.3 is 0 Å². The van der Waals surface area contributed by atoms with Crippen molar-refractivity contribution in [3.8, 4) is 62.4 Å². The van der Waals surface area contributed by atoms with Crippen LogP contribution >= 0.6 is 0 Å². The Morgan fingerprint density at radius 3 is 1.44 bits per heavy atom. The van der Waals surface area contributed by atoms with Crippen molar-refractivity contribution in [1.82, 2.24) is 24.5 Å².